The molecule has 4 nitrogen and oxygen atoms in total. The van der Waals surface area contributed by atoms with Crippen molar-refractivity contribution in [2.75, 3.05) is 11.6 Å². The lowest BCUT2D eigenvalue weighted by molar-refractivity contribution is 0.449. The van der Waals surface area contributed by atoms with Gasteiger partial charge < -0.3 is 5.32 Å². The van der Waals surface area contributed by atoms with Crippen molar-refractivity contribution in [3.63, 3.8) is 0 Å². The van der Waals surface area contributed by atoms with Crippen LogP contribution in [0.3, 0.4) is 0 Å². The van der Waals surface area contributed by atoms with Crippen LogP contribution in [-0.2, 0) is 9.84 Å². The van der Waals surface area contributed by atoms with Crippen molar-refractivity contribution >= 4 is 15.5 Å². The van der Waals surface area contributed by atoms with Gasteiger partial charge in [0.05, 0.1) is 16.9 Å². The Kier molecular flexibility index (Phi) is 4.47. The van der Waals surface area contributed by atoms with Gasteiger partial charge in [0.2, 0.25) is 0 Å². The Morgan fingerprint density at radius 1 is 1.29 bits per heavy atom. The molecule has 0 saturated heterocycles. The quantitative estimate of drug-likeness (QED) is 0.931. The standard InChI is InChI=1S/C14H16F2N2O2S/c1-21(19,20)11-4-2-3-10(7-11)18-14-12(15)5-9(8-17)6-13(14)16/h5-6,10-11,18H,2-4,7H2,1H3/t10-,11-/m0/s1. The van der Waals surface area contributed by atoms with Gasteiger partial charge in [-0.2, -0.15) is 5.26 Å². The van der Waals surface area contributed by atoms with E-state index in [9.17, 15) is 17.2 Å². The van der Waals surface area contributed by atoms with Crippen molar-refractivity contribution in [3.05, 3.63) is 29.3 Å². The van der Waals surface area contributed by atoms with Gasteiger partial charge in [0.25, 0.3) is 0 Å². The normalized spacial score (nSPS) is 22.6. The number of nitriles is 1. The van der Waals surface area contributed by atoms with Crippen LogP contribution in [0, 0.1) is 23.0 Å². The zero-order valence-corrected chi connectivity index (χ0v) is 12.4. The van der Waals surface area contributed by atoms with Crippen LogP contribution in [0.5, 0.6) is 0 Å². The largest absolute Gasteiger partial charge is 0.378 e. The summed E-state index contributed by atoms with van der Waals surface area (Å²) >= 11 is 0. The number of benzene rings is 1. The van der Waals surface area contributed by atoms with Crippen LogP contribution in [0.1, 0.15) is 31.2 Å². The highest BCUT2D eigenvalue weighted by atomic mass is 32.2. The lowest BCUT2D eigenvalue weighted by Crippen LogP contribution is -2.34. The molecule has 1 aliphatic carbocycles. The fourth-order valence-electron chi connectivity index (χ4n) is 2.64. The first kappa shape index (κ1) is 15.7. The number of rotatable bonds is 3. The molecule has 114 valence electrons. The lowest BCUT2D eigenvalue weighted by atomic mass is 9.94. The third-order valence-corrected chi connectivity index (χ3v) is 5.39. The highest BCUT2D eigenvalue weighted by Crippen LogP contribution is 2.28. The Labute approximate surface area is 122 Å². The molecule has 1 N–H and O–H groups in total. The van der Waals surface area contributed by atoms with Crippen LogP contribution in [0.4, 0.5) is 14.5 Å². The average molecular weight is 314 g/mol. The number of nitrogens with zero attached hydrogens (tertiary/aromatic N) is 1. The van der Waals surface area contributed by atoms with Crippen LogP contribution in [-0.4, -0.2) is 26.0 Å². The fourth-order valence-corrected chi connectivity index (χ4v) is 3.82. The summed E-state index contributed by atoms with van der Waals surface area (Å²) in [5.41, 5.74) is -0.388. The van der Waals surface area contributed by atoms with Crippen LogP contribution in [0.25, 0.3) is 0 Å². The van der Waals surface area contributed by atoms with Crippen molar-refractivity contribution in [1.82, 2.24) is 0 Å². The molecule has 1 saturated carbocycles. The predicted molar refractivity (Wildman–Crippen MR) is 75.6 cm³/mol. The Morgan fingerprint density at radius 3 is 2.43 bits per heavy atom. The molecule has 1 aliphatic rings. The van der Waals surface area contributed by atoms with Crippen LogP contribution in [0.15, 0.2) is 12.1 Å². The van der Waals surface area contributed by atoms with Gasteiger partial charge in [0, 0.05) is 12.3 Å². The summed E-state index contributed by atoms with van der Waals surface area (Å²) in [6, 6.07) is 3.30. The predicted octanol–water partition coefficient (Wildman–Crippen LogP) is 2.60. The summed E-state index contributed by atoms with van der Waals surface area (Å²) in [4.78, 5) is 0. The molecule has 1 fully saturated rings. The van der Waals surface area contributed by atoms with Gasteiger partial charge in [0.1, 0.15) is 15.5 Å². The van der Waals surface area contributed by atoms with Gasteiger partial charge in [-0.3, -0.25) is 0 Å². The molecular formula is C14H16F2N2O2S. The molecule has 1 aromatic rings. The highest BCUT2D eigenvalue weighted by Gasteiger charge is 2.29. The van der Waals surface area contributed by atoms with E-state index in [1.165, 1.54) is 6.26 Å². The molecule has 0 aliphatic heterocycles. The minimum atomic E-state index is -3.15. The van der Waals surface area contributed by atoms with Gasteiger partial charge in [-0.15, -0.1) is 0 Å². The van der Waals surface area contributed by atoms with Crippen molar-refractivity contribution in [2.24, 2.45) is 0 Å². The maximum atomic E-state index is 13.8. The van der Waals surface area contributed by atoms with E-state index in [0.717, 1.165) is 12.1 Å². The molecule has 2 rings (SSSR count). The monoisotopic (exact) mass is 314 g/mol. The maximum Gasteiger partial charge on any atom is 0.150 e. The topological polar surface area (TPSA) is 70.0 Å². The molecule has 0 unspecified atom stereocenters. The Bertz CT molecular complexity index is 660. The first-order chi connectivity index (χ1) is 9.81. The molecular weight excluding hydrogens is 298 g/mol. The molecule has 0 aromatic heterocycles. The van der Waals surface area contributed by atoms with E-state index in [0.29, 0.717) is 25.7 Å². The molecule has 1 aromatic carbocycles. The van der Waals surface area contributed by atoms with Crippen molar-refractivity contribution in [1.29, 1.82) is 5.26 Å². The van der Waals surface area contributed by atoms with E-state index in [-0.39, 0.29) is 17.3 Å². The van der Waals surface area contributed by atoms with Crippen molar-refractivity contribution in [2.45, 2.75) is 37.0 Å². The zero-order chi connectivity index (χ0) is 15.6. The van der Waals surface area contributed by atoms with E-state index in [2.05, 4.69) is 5.32 Å². The van der Waals surface area contributed by atoms with Crippen molar-refractivity contribution in [3.8, 4) is 6.07 Å². The summed E-state index contributed by atoms with van der Waals surface area (Å²) in [6.07, 6.45) is 3.44. The van der Waals surface area contributed by atoms with Gasteiger partial charge in [-0.25, -0.2) is 17.2 Å². The number of sulfone groups is 1. The molecule has 0 heterocycles. The number of halogens is 2. The first-order valence-corrected chi connectivity index (χ1v) is 8.61. The summed E-state index contributed by atoms with van der Waals surface area (Å²) in [6.45, 7) is 0. The number of nitrogens with one attached hydrogen (secondary N) is 1. The minimum absolute atomic E-state index is 0.0896. The third-order valence-electron chi connectivity index (χ3n) is 3.75. The second kappa shape index (κ2) is 5.98. The van der Waals surface area contributed by atoms with Crippen molar-refractivity contribution < 1.29 is 17.2 Å². The second-order valence-corrected chi connectivity index (χ2v) is 7.71. The van der Waals surface area contributed by atoms with Gasteiger partial charge in [0.15, 0.2) is 11.6 Å². The Morgan fingerprint density at radius 2 is 1.90 bits per heavy atom. The van der Waals surface area contributed by atoms with Gasteiger partial charge in [-0.1, -0.05) is 6.42 Å². The molecule has 7 heteroatoms. The fraction of sp³-hybridized carbons (Fsp3) is 0.500. The lowest BCUT2D eigenvalue weighted by Gasteiger charge is -2.29. The zero-order valence-electron chi connectivity index (χ0n) is 11.6. The van der Waals surface area contributed by atoms with Gasteiger partial charge >= 0.3 is 0 Å². The maximum absolute atomic E-state index is 13.8. The third kappa shape index (κ3) is 3.70. The van der Waals surface area contributed by atoms with E-state index in [1.807, 2.05) is 0 Å². The highest BCUT2D eigenvalue weighted by molar-refractivity contribution is 7.91. The Hall–Kier alpha value is -1.68. The molecule has 21 heavy (non-hydrogen) atoms. The SMILES string of the molecule is CS(=O)(=O)[C@H]1CCC[C@H](Nc2c(F)cc(C#N)cc2F)C1. The molecule has 2 atom stereocenters. The summed E-state index contributed by atoms with van der Waals surface area (Å²) in [5, 5.41) is 10.9. The second-order valence-electron chi connectivity index (χ2n) is 5.39. The van der Waals surface area contributed by atoms with Crippen LogP contribution >= 0.6 is 0 Å². The number of hydrogen-bond donors (Lipinski definition) is 1. The van der Waals surface area contributed by atoms with Crippen LogP contribution < -0.4 is 5.32 Å². The van der Waals surface area contributed by atoms with E-state index in [4.69, 9.17) is 5.26 Å². The Balaban J connectivity index is 2.17. The van der Waals surface area contributed by atoms with Crippen LogP contribution in [0.2, 0.25) is 0 Å². The minimum Gasteiger partial charge on any atom is -0.378 e. The van der Waals surface area contributed by atoms with E-state index < -0.39 is 26.7 Å². The van der Waals surface area contributed by atoms with Gasteiger partial charge in [-0.05, 0) is 31.4 Å². The smallest absolute Gasteiger partial charge is 0.150 e. The summed E-state index contributed by atoms with van der Waals surface area (Å²) < 4.78 is 50.8. The molecule has 0 amide bonds. The first-order valence-electron chi connectivity index (χ1n) is 6.66. The average Bonchev–Trinajstić information content (AvgIpc) is 2.42. The summed E-state index contributed by atoms with van der Waals surface area (Å²) in [7, 11) is -3.15. The summed E-state index contributed by atoms with van der Waals surface area (Å²) in [5.74, 6) is -1.68. The van der Waals surface area contributed by atoms with E-state index in [1.54, 1.807) is 6.07 Å². The number of anilines is 1. The molecule has 0 bridgehead atoms. The molecule has 0 spiro atoms. The molecule has 0 radical (unpaired) electrons. The number of hydrogen-bond acceptors (Lipinski definition) is 4. The van der Waals surface area contributed by atoms with E-state index >= 15 is 0 Å².